The van der Waals surface area contributed by atoms with Crippen LogP contribution >= 0.6 is 0 Å². The average Bonchev–Trinajstić information content (AvgIpc) is 2.08. The van der Waals surface area contributed by atoms with Crippen LogP contribution < -0.4 is 5.46 Å². The zero-order chi connectivity index (χ0) is 9.14. The maximum atomic E-state index is 11.0. The second-order valence-electron chi connectivity index (χ2n) is 2.51. The van der Waals surface area contributed by atoms with Gasteiger partial charge in [-0.3, -0.25) is 0 Å². The van der Waals surface area contributed by atoms with Crippen molar-refractivity contribution in [3.8, 4) is 5.75 Å². The lowest BCUT2D eigenvalue weighted by atomic mass is 9.94. The maximum absolute atomic E-state index is 11.0. The number of methoxy groups -OCH3 is 1. The van der Waals surface area contributed by atoms with E-state index >= 15 is 0 Å². The maximum Gasteiger partial charge on any atom is 0.341 e. The van der Waals surface area contributed by atoms with Gasteiger partial charge < -0.3 is 9.84 Å². The number of aromatic hydroxyl groups is 1. The Kier molecular flexibility index (Phi) is 2.38. The molecule has 0 radical (unpaired) electrons. The number of hydrogen-bond acceptors (Lipinski definition) is 3. The predicted octanol–water partition coefficient (Wildman–Crippen LogP) is -0.563. The highest BCUT2D eigenvalue weighted by atomic mass is 16.5. The van der Waals surface area contributed by atoms with Gasteiger partial charge in [0, 0.05) is 0 Å². The molecular formula is C8H9BO3. The van der Waals surface area contributed by atoms with Crippen LogP contribution in [0, 0.1) is 0 Å². The number of esters is 1. The smallest absolute Gasteiger partial charge is 0.341 e. The lowest BCUT2D eigenvalue weighted by Gasteiger charge is -2.02. The molecule has 0 saturated carbocycles. The zero-order valence-electron chi connectivity index (χ0n) is 7.00. The van der Waals surface area contributed by atoms with Gasteiger partial charge in [-0.25, -0.2) is 4.79 Å². The third-order valence-electron chi connectivity index (χ3n) is 1.56. The second kappa shape index (κ2) is 3.30. The molecule has 0 saturated heterocycles. The van der Waals surface area contributed by atoms with E-state index in [1.54, 1.807) is 12.1 Å². The number of benzene rings is 1. The largest absolute Gasteiger partial charge is 0.507 e. The van der Waals surface area contributed by atoms with E-state index in [0.29, 0.717) is 0 Å². The van der Waals surface area contributed by atoms with Gasteiger partial charge >= 0.3 is 5.97 Å². The van der Waals surface area contributed by atoms with Gasteiger partial charge in [-0.15, -0.1) is 0 Å². The summed E-state index contributed by atoms with van der Waals surface area (Å²) in [5, 5.41) is 9.24. The molecule has 0 bridgehead atoms. The summed E-state index contributed by atoms with van der Waals surface area (Å²) in [5.74, 6) is -0.566. The lowest BCUT2D eigenvalue weighted by Crippen LogP contribution is -2.08. The Morgan fingerprint density at radius 2 is 2.25 bits per heavy atom. The number of carbonyl (C=O) groups is 1. The van der Waals surface area contributed by atoms with Crippen LogP contribution in [0.25, 0.3) is 0 Å². The van der Waals surface area contributed by atoms with E-state index in [-0.39, 0.29) is 11.3 Å². The minimum atomic E-state index is -0.517. The Morgan fingerprint density at radius 3 is 2.83 bits per heavy atom. The molecule has 12 heavy (non-hydrogen) atoms. The first-order valence-corrected chi connectivity index (χ1v) is 3.53. The van der Waals surface area contributed by atoms with E-state index in [4.69, 9.17) is 0 Å². The molecule has 0 aliphatic heterocycles. The molecule has 1 rings (SSSR count). The highest BCUT2D eigenvalue weighted by Crippen LogP contribution is 2.14. The third kappa shape index (κ3) is 1.58. The third-order valence-corrected chi connectivity index (χ3v) is 1.56. The van der Waals surface area contributed by atoms with E-state index in [1.807, 2.05) is 7.85 Å². The van der Waals surface area contributed by atoms with Crippen molar-refractivity contribution in [3.63, 3.8) is 0 Å². The Balaban J connectivity index is 3.13. The Bertz CT molecular complexity index is 309. The summed E-state index contributed by atoms with van der Waals surface area (Å²) in [6, 6.07) is 4.78. The van der Waals surface area contributed by atoms with E-state index in [2.05, 4.69) is 4.74 Å². The minimum Gasteiger partial charge on any atom is -0.507 e. The first-order valence-electron chi connectivity index (χ1n) is 3.53. The van der Waals surface area contributed by atoms with Gasteiger partial charge in [0.05, 0.1) is 7.11 Å². The highest BCUT2D eigenvalue weighted by Gasteiger charge is 2.10. The molecule has 0 heterocycles. The van der Waals surface area contributed by atoms with Crippen LogP contribution in [0.15, 0.2) is 18.2 Å². The summed E-state index contributed by atoms with van der Waals surface area (Å²) < 4.78 is 4.47. The quantitative estimate of drug-likeness (QED) is 0.446. The lowest BCUT2D eigenvalue weighted by molar-refractivity contribution is 0.0597. The van der Waals surface area contributed by atoms with Crippen LogP contribution in [0.1, 0.15) is 10.4 Å². The number of hydrogen-bond donors (Lipinski definition) is 1. The zero-order valence-corrected chi connectivity index (χ0v) is 7.00. The standard InChI is InChI=1S/C8H9BO3/c1-12-8(11)6-4-5(9)2-3-7(6)10/h2-4,10H,9H2,1H3. The molecule has 3 nitrogen and oxygen atoms in total. The number of rotatable bonds is 1. The average molecular weight is 164 g/mol. The molecule has 0 unspecified atom stereocenters. The van der Waals surface area contributed by atoms with Gasteiger partial charge in [0.2, 0.25) is 0 Å². The summed E-state index contributed by atoms with van der Waals surface area (Å²) in [7, 11) is 3.12. The fourth-order valence-corrected chi connectivity index (χ4v) is 0.923. The molecule has 0 spiro atoms. The van der Waals surface area contributed by atoms with E-state index in [0.717, 1.165) is 5.46 Å². The van der Waals surface area contributed by atoms with Crippen molar-refractivity contribution in [1.29, 1.82) is 0 Å². The summed E-state index contributed by atoms with van der Waals surface area (Å²) in [6.07, 6.45) is 0. The first kappa shape index (κ1) is 8.65. The summed E-state index contributed by atoms with van der Waals surface area (Å²) in [6.45, 7) is 0. The molecule has 0 aliphatic carbocycles. The summed E-state index contributed by atoms with van der Waals surface area (Å²) in [5.41, 5.74) is 1.12. The van der Waals surface area contributed by atoms with Gasteiger partial charge in [-0.1, -0.05) is 17.6 Å². The monoisotopic (exact) mass is 164 g/mol. The van der Waals surface area contributed by atoms with Crippen molar-refractivity contribution in [2.45, 2.75) is 0 Å². The summed E-state index contributed by atoms with van der Waals surface area (Å²) in [4.78, 5) is 11.0. The van der Waals surface area contributed by atoms with Crippen LogP contribution in [0.2, 0.25) is 0 Å². The van der Waals surface area contributed by atoms with Gasteiger partial charge in [-0.2, -0.15) is 0 Å². The van der Waals surface area contributed by atoms with Gasteiger partial charge in [-0.05, 0) is 6.07 Å². The van der Waals surface area contributed by atoms with Crippen molar-refractivity contribution in [3.05, 3.63) is 23.8 Å². The number of phenols is 1. The molecule has 0 aliphatic rings. The van der Waals surface area contributed by atoms with Crippen molar-refractivity contribution in [1.82, 2.24) is 0 Å². The molecule has 4 heteroatoms. The Morgan fingerprint density at radius 1 is 1.58 bits per heavy atom. The number of phenolic OH excluding ortho intramolecular Hbond substituents is 1. The van der Waals surface area contributed by atoms with Gasteiger partial charge in [0.25, 0.3) is 0 Å². The van der Waals surface area contributed by atoms with E-state index < -0.39 is 5.97 Å². The second-order valence-corrected chi connectivity index (χ2v) is 2.51. The highest BCUT2D eigenvalue weighted by molar-refractivity contribution is 6.32. The molecule has 0 fully saturated rings. The van der Waals surface area contributed by atoms with Crippen molar-refractivity contribution >= 4 is 19.3 Å². The van der Waals surface area contributed by atoms with Crippen molar-refractivity contribution in [2.75, 3.05) is 7.11 Å². The number of ether oxygens (including phenoxy) is 1. The summed E-state index contributed by atoms with van der Waals surface area (Å²) >= 11 is 0. The van der Waals surface area contributed by atoms with E-state index in [9.17, 15) is 9.90 Å². The normalized spacial score (nSPS) is 9.42. The van der Waals surface area contributed by atoms with Crippen LogP contribution in [0.3, 0.4) is 0 Å². The van der Waals surface area contributed by atoms with Crippen molar-refractivity contribution < 1.29 is 14.6 Å². The predicted molar refractivity (Wildman–Crippen MR) is 47.6 cm³/mol. The van der Waals surface area contributed by atoms with Crippen LogP contribution in [-0.2, 0) is 4.74 Å². The topological polar surface area (TPSA) is 46.5 Å². The molecule has 1 aromatic carbocycles. The number of carbonyl (C=O) groups excluding carboxylic acids is 1. The molecule has 1 N–H and O–H groups in total. The molecule has 0 atom stereocenters. The Labute approximate surface area is 71.4 Å². The van der Waals surface area contributed by atoms with Crippen LogP contribution in [-0.4, -0.2) is 26.0 Å². The van der Waals surface area contributed by atoms with Crippen LogP contribution in [0.5, 0.6) is 5.75 Å². The van der Waals surface area contributed by atoms with Gasteiger partial charge in [0.1, 0.15) is 19.2 Å². The molecule has 0 aromatic heterocycles. The Hall–Kier alpha value is -1.45. The first-order chi connectivity index (χ1) is 5.65. The molecule has 1 aromatic rings. The molecule has 62 valence electrons. The minimum absolute atomic E-state index is 0.0487. The molecule has 0 amide bonds. The SMILES string of the molecule is Bc1ccc(O)c(C(=O)OC)c1. The molecular weight excluding hydrogens is 155 g/mol. The fraction of sp³-hybridized carbons (Fsp3) is 0.125. The van der Waals surface area contributed by atoms with Gasteiger partial charge in [0.15, 0.2) is 0 Å². The van der Waals surface area contributed by atoms with Crippen LogP contribution in [0.4, 0.5) is 0 Å². The van der Waals surface area contributed by atoms with E-state index in [1.165, 1.54) is 13.2 Å². The fourth-order valence-electron chi connectivity index (χ4n) is 0.923. The van der Waals surface area contributed by atoms with Crippen molar-refractivity contribution in [2.24, 2.45) is 0 Å².